The van der Waals surface area contributed by atoms with E-state index in [0.29, 0.717) is 6.54 Å². The summed E-state index contributed by atoms with van der Waals surface area (Å²) in [5.74, 6) is 0.186. The predicted octanol–water partition coefficient (Wildman–Crippen LogP) is 1.63. The Morgan fingerprint density at radius 2 is 1.95 bits per heavy atom. The van der Waals surface area contributed by atoms with Crippen molar-refractivity contribution in [1.82, 2.24) is 15.1 Å². The molecule has 2 aliphatic rings. The summed E-state index contributed by atoms with van der Waals surface area (Å²) >= 11 is 0. The molecule has 1 N–H and O–H groups in total. The van der Waals surface area contributed by atoms with Gasteiger partial charge in [-0.3, -0.25) is 9.69 Å². The Bertz CT molecular complexity index is 333. The number of piperazine rings is 1. The van der Waals surface area contributed by atoms with Crippen LogP contribution in [0.25, 0.3) is 0 Å². The summed E-state index contributed by atoms with van der Waals surface area (Å²) < 4.78 is 0. The summed E-state index contributed by atoms with van der Waals surface area (Å²) in [5.41, 5.74) is 1.54. The van der Waals surface area contributed by atoms with Gasteiger partial charge in [0.05, 0.1) is 6.54 Å². The van der Waals surface area contributed by atoms with E-state index in [1.165, 1.54) is 31.3 Å². The van der Waals surface area contributed by atoms with E-state index < -0.39 is 0 Å². The Morgan fingerprint density at radius 1 is 1.20 bits per heavy atom. The Kier molecular flexibility index (Phi) is 6.54. The first-order chi connectivity index (χ1) is 9.78. The van der Waals surface area contributed by atoms with Gasteiger partial charge >= 0.3 is 0 Å². The van der Waals surface area contributed by atoms with Gasteiger partial charge in [-0.25, -0.2) is 0 Å². The molecule has 0 spiro atoms. The van der Waals surface area contributed by atoms with Crippen molar-refractivity contribution in [2.45, 2.75) is 39.0 Å². The van der Waals surface area contributed by atoms with Crippen LogP contribution in [0.3, 0.4) is 0 Å². The van der Waals surface area contributed by atoms with E-state index in [2.05, 4.69) is 28.1 Å². The second kappa shape index (κ2) is 8.42. The van der Waals surface area contributed by atoms with Crippen molar-refractivity contribution in [2.24, 2.45) is 0 Å². The summed E-state index contributed by atoms with van der Waals surface area (Å²) in [6.07, 6.45) is 8.51. The van der Waals surface area contributed by atoms with E-state index in [9.17, 15) is 4.79 Å². The van der Waals surface area contributed by atoms with Crippen molar-refractivity contribution in [3.8, 4) is 0 Å². The third-order valence-corrected chi connectivity index (χ3v) is 4.43. The van der Waals surface area contributed by atoms with Crippen molar-refractivity contribution >= 4 is 5.91 Å². The van der Waals surface area contributed by atoms with Crippen LogP contribution in [0, 0.1) is 0 Å². The molecule has 1 heterocycles. The summed E-state index contributed by atoms with van der Waals surface area (Å²) in [4.78, 5) is 16.6. The summed E-state index contributed by atoms with van der Waals surface area (Å²) in [7, 11) is 0. The van der Waals surface area contributed by atoms with Gasteiger partial charge < -0.3 is 10.2 Å². The SMILES string of the molecule is CCN1CCN(CC(=O)NCCC2=CCCCC2)CC1. The van der Waals surface area contributed by atoms with Crippen molar-refractivity contribution in [2.75, 3.05) is 45.8 Å². The minimum absolute atomic E-state index is 0.186. The molecule has 4 heteroatoms. The lowest BCUT2D eigenvalue weighted by Crippen LogP contribution is -2.49. The molecule has 1 saturated heterocycles. The highest BCUT2D eigenvalue weighted by Crippen LogP contribution is 2.19. The zero-order valence-electron chi connectivity index (χ0n) is 12.9. The number of hydrogen-bond donors (Lipinski definition) is 1. The Balaban J connectivity index is 1.57. The molecule has 0 aromatic heterocycles. The van der Waals surface area contributed by atoms with Gasteiger partial charge in [-0.1, -0.05) is 18.6 Å². The zero-order chi connectivity index (χ0) is 14.2. The molecule has 2 rings (SSSR count). The summed E-state index contributed by atoms with van der Waals surface area (Å²) in [6, 6.07) is 0. The van der Waals surface area contributed by atoms with Crippen LogP contribution >= 0.6 is 0 Å². The number of rotatable bonds is 6. The molecule has 0 unspecified atom stereocenters. The minimum Gasteiger partial charge on any atom is -0.355 e. The second-order valence-corrected chi connectivity index (χ2v) is 5.92. The molecule has 1 fully saturated rings. The van der Waals surface area contributed by atoms with Crippen LogP contribution in [0.5, 0.6) is 0 Å². The third-order valence-electron chi connectivity index (χ3n) is 4.43. The number of allylic oxidation sites excluding steroid dienone is 1. The quantitative estimate of drug-likeness (QED) is 0.751. The fourth-order valence-electron chi connectivity index (χ4n) is 3.02. The van der Waals surface area contributed by atoms with Gasteiger partial charge in [0.1, 0.15) is 0 Å². The monoisotopic (exact) mass is 279 g/mol. The van der Waals surface area contributed by atoms with Gasteiger partial charge in [-0.2, -0.15) is 0 Å². The maximum atomic E-state index is 11.9. The molecule has 0 radical (unpaired) electrons. The van der Waals surface area contributed by atoms with E-state index >= 15 is 0 Å². The maximum absolute atomic E-state index is 11.9. The van der Waals surface area contributed by atoms with E-state index in [0.717, 1.165) is 45.7 Å². The van der Waals surface area contributed by atoms with Crippen LogP contribution in [0.2, 0.25) is 0 Å². The number of nitrogens with one attached hydrogen (secondary N) is 1. The highest BCUT2D eigenvalue weighted by atomic mass is 16.2. The molecule has 0 saturated carbocycles. The summed E-state index contributed by atoms with van der Waals surface area (Å²) in [5, 5.41) is 3.07. The smallest absolute Gasteiger partial charge is 0.234 e. The van der Waals surface area contributed by atoms with Crippen LogP contribution in [0.4, 0.5) is 0 Å². The third kappa shape index (κ3) is 5.25. The Labute approximate surface area is 123 Å². The molecule has 1 aliphatic heterocycles. The van der Waals surface area contributed by atoms with Crippen LogP contribution in [-0.4, -0.2) is 61.5 Å². The number of carbonyl (C=O) groups excluding carboxylic acids is 1. The predicted molar refractivity (Wildman–Crippen MR) is 82.7 cm³/mol. The molecule has 1 aliphatic carbocycles. The average molecular weight is 279 g/mol. The molecule has 0 aromatic rings. The number of amides is 1. The van der Waals surface area contributed by atoms with Crippen LogP contribution < -0.4 is 5.32 Å². The number of carbonyl (C=O) groups is 1. The fourth-order valence-corrected chi connectivity index (χ4v) is 3.02. The molecular formula is C16H29N3O. The lowest BCUT2D eigenvalue weighted by molar-refractivity contribution is -0.122. The van der Waals surface area contributed by atoms with Crippen LogP contribution in [0.1, 0.15) is 39.0 Å². The molecule has 0 atom stereocenters. The van der Waals surface area contributed by atoms with Crippen LogP contribution in [0.15, 0.2) is 11.6 Å². The normalized spacial score (nSPS) is 21.6. The molecular weight excluding hydrogens is 250 g/mol. The Morgan fingerprint density at radius 3 is 2.60 bits per heavy atom. The van der Waals surface area contributed by atoms with Crippen LogP contribution in [-0.2, 0) is 4.79 Å². The van der Waals surface area contributed by atoms with Gasteiger partial charge in [0, 0.05) is 32.7 Å². The van der Waals surface area contributed by atoms with Gasteiger partial charge in [-0.15, -0.1) is 0 Å². The van der Waals surface area contributed by atoms with E-state index in [1.807, 2.05) is 0 Å². The highest BCUT2D eigenvalue weighted by molar-refractivity contribution is 5.78. The van der Waals surface area contributed by atoms with Gasteiger partial charge in [0.25, 0.3) is 0 Å². The average Bonchev–Trinajstić information content (AvgIpc) is 2.49. The first-order valence-corrected chi connectivity index (χ1v) is 8.17. The number of likely N-dealkylation sites (N-methyl/N-ethyl adjacent to an activating group) is 1. The Hall–Kier alpha value is -0.870. The molecule has 114 valence electrons. The lowest BCUT2D eigenvalue weighted by Gasteiger charge is -2.33. The molecule has 1 amide bonds. The second-order valence-electron chi connectivity index (χ2n) is 5.92. The van der Waals surface area contributed by atoms with Crippen molar-refractivity contribution in [3.05, 3.63) is 11.6 Å². The highest BCUT2D eigenvalue weighted by Gasteiger charge is 2.17. The van der Waals surface area contributed by atoms with E-state index in [1.54, 1.807) is 0 Å². The number of nitrogens with zero attached hydrogens (tertiary/aromatic N) is 2. The first-order valence-electron chi connectivity index (χ1n) is 8.17. The minimum atomic E-state index is 0.186. The first kappa shape index (κ1) is 15.5. The van der Waals surface area contributed by atoms with Crippen molar-refractivity contribution in [1.29, 1.82) is 0 Å². The van der Waals surface area contributed by atoms with E-state index in [4.69, 9.17) is 0 Å². The fraction of sp³-hybridized carbons (Fsp3) is 0.812. The molecule has 0 aromatic carbocycles. The maximum Gasteiger partial charge on any atom is 0.234 e. The molecule has 4 nitrogen and oxygen atoms in total. The standard InChI is InChI=1S/C16H29N3O/c1-2-18-10-12-19(13-11-18)14-16(20)17-9-8-15-6-4-3-5-7-15/h6H,2-5,7-14H2,1H3,(H,17,20). The summed E-state index contributed by atoms with van der Waals surface area (Å²) in [6.45, 7) is 8.92. The zero-order valence-corrected chi connectivity index (χ0v) is 12.9. The van der Waals surface area contributed by atoms with E-state index in [-0.39, 0.29) is 5.91 Å². The number of hydrogen-bond acceptors (Lipinski definition) is 3. The lowest BCUT2D eigenvalue weighted by atomic mass is 9.97. The topological polar surface area (TPSA) is 35.6 Å². The van der Waals surface area contributed by atoms with Gasteiger partial charge in [0.15, 0.2) is 0 Å². The van der Waals surface area contributed by atoms with Gasteiger partial charge in [0.2, 0.25) is 5.91 Å². The molecule has 20 heavy (non-hydrogen) atoms. The van der Waals surface area contributed by atoms with Gasteiger partial charge in [-0.05, 0) is 38.6 Å². The molecule has 0 bridgehead atoms. The van der Waals surface area contributed by atoms with Crippen molar-refractivity contribution < 1.29 is 4.79 Å². The largest absolute Gasteiger partial charge is 0.355 e. The van der Waals surface area contributed by atoms with Crippen molar-refractivity contribution in [3.63, 3.8) is 0 Å².